The highest BCUT2D eigenvalue weighted by Gasteiger charge is 2.30. The minimum absolute atomic E-state index is 0.0576. The topological polar surface area (TPSA) is 44.4 Å². The SMILES string of the molecule is C=CC.CC.CCC.CN1Cc2ccccc2CC1CNC(=O)NC(C)(C)CC1Cc2ccccc2C1. The van der Waals surface area contributed by atoms with E-state index in [2.05, 4.69) is 105 Å². The second-order valence-corrected chi connectivity index (χ2v) is 10.6. The third kappa shape index (κ3) is 11.1. The highest BCUT2D eigenvalue weighted by atomic mass is 16.2. The molecule has 0 bridgehead atoms. The molecule has 2 aromatic carbocycles. The van der Waals surface area contributed by atoms with Crippen molar-refractivity contribution >= 4 is 6.03 Å². The highest BCUT2D eigenvalue weighted by molar-refractivity contribution is 5.74. The molecule has 4 nitrogen and oxygen atoms in total. The number of benzene rings is 2. The van der Waals surface area contributed by atoms with E-state index in [1.165, 1.54) is 28.7 Å². The molecule has 1 aliphatic heterocycles. The molecule has 206 valence electrons. The Morgan fingerprint density at radius 3 is 1.89 bits per heavy atom. The summed E-state index contributed by atoms with van der Waals surface area (Å²) in [4.78, 5) is 14.9. The standard InChI is InChI=1S/C25H33N3O.C3H8.C3H6.C2H6/c1-25(2,15-18-12-19-8-4-5-9-20(19)13-18)27-24(29)26-16-23-14-21-10-6-7-11-22(21)17-28(23)3;2*1-3-2;1-2/h4-11,18,23H,12-17H2,1-3H3,(H2,26,27,29);3H2,1-2H3;3H,1H2,2H3;1-2H3. The van der Waals surface area contributed by atoms with E-state index in [1.807, 2.05) is 20.8 Å². The normalized spacial score (nSPS) is 16.3. The van der Waals surface area contributed by atoms with Crippen molar-refractivity contribution in [2.24, 2.45) is 5.92 Å². The van der Waals surface area contributed by atoms with Gasteiger partial charge in [-0.2, -0.15) is 0 Å². The average Bonchev–Trinajstić information content (AvgIpc) is 3.26. The van der Waals surface area contributed by atoms with Gasteiger partial charge in [-0.3, -0.25) is 4.90 Å². The number of amides is 2. The third-order valence-electron chi connectivity index (χ3n) is 6.50. The Hall–Kier alpha value is -2.59. The quantitative estimate of drug-likeness (QED) is 0.410. The van der Waals surface area contributed by atoms with E-state index in [0.717, 1.165) is 32.2 Å². The lowest BCUT2D eigenvalue weighted by Crippen LogP contribution is -2.52. The van der Waals surface area contributed by atoms with Gasteiger partial charge in [0.1, 0.15) is 0 Å². The van der Waals surface area contributed by atoms with Crippen LogP contribution >= 0.6 is 0 Å². The third-order valence-corrected chi connectivity index (χ3v) is 6.50. The number of carbonyl (C=O) groups is 1. The molecule has 0 saturated heterocycles. The summed E-state index contributed by atoms with van der Waals surface area (Å²) in [6, 6.07) is 17.6. The fourth-order valence-electron chi connectivity index (χ4n) is 5.08. The Bertz CT molecular complexity index is 912. The number of rotatable bonds is 5. The van der Waals surface area contributed by atoms with Crippen LogP contribution < -0.4 is 10.6 Å². The van der Waals surface area contributed by atoms with E-state index < -0.39 is 0 Å². The number of fused-ring (bicyclic) bond motifs is 2. The molecule has 1 aliphatic carbocycles. The monoisotopic (exact) mass is 507 g/mol. The zero-order chi connectivity index (χ0) is 27.8. The van der Waals surface area contributed by atoms with E-state index >= 15 is 0 Å². The molecule has 4 heteroatoms. The molecule has 2 aromatic rings. The Morgan fingerprint density at radius 2 is 1.41 bits per heavy atom. The summed E-state index contributed by atoms with van der Waals surface area (Å²) in [6.45, 7) is 19.4. The molecular formula is C33H53N3O. The van der Waals surface area contributed by atoms with Crippen LogP contribution in [0.1, 0.15) is 83.6 Å². The first-order valence-electron chi connectivity index (χ1n) is 14.2. The number of carbonyl (C=O) groups excluding carboxylic acids is 1. The summed E-state index contributed by atoms with van der Waals surface area (Å²) in [5, 5.41) is 6.33. The summed E-state index contributed by atoms with van der Waals surface area (Å²) in [7, 11) is 2.14. The van der Waals surface area contributed by atoms with Crippen molar-refractivity contribution in [3.8, 4) is 0 Å². The van der Waals surface area contributed by atoms with E-state index in [0.29, 0.717) is 18.5 Å². The van der Waals surface area contributed by atoms with Gasteiger partial charge in [0.2, 0.25) is 0 Å². The minimum Gasteiger partial charge on any atom is -0.337 e. The zero-order valence-corrected chi connectivity index (χ0v) is 24.9. The Morgan fingerprint density at radius 1 is 0.973 bits per heavy atom. The van der Waals surface area contributed by atoms with Crippen molar-refractivity contribution in [2.75, 3.05) is 13.6 Å². The van der Waals surface area contributed by atoms with Crippen molar-refractivity contribution in [1.82, 2.24) is 15.5 Å². The molecule has 0 saturated carbocycles. The summed E-state index contributed by atoms with van der Waals surface area (Å²) < 4.78 is 0. The van der Waals surface area contributed by atoms with Crippen LogP contribution in [-0.2, 0) is 25.8 Å². The first-order valence-corrected chi connectivity index (χ1v) is 14.2. The van der Waals surface area contributed by atoms with Gasteiger partial charge in [-0.1, -0.05) is 88.7 Å². The number of likely N-dealkylation sites (N-methyl/N-ethyl adjacent to an activating group) is 1. The first kappa shape index (κ1) is 32.4. The van der Waals surface area contributed by atoms with Gasteiger partial charge in [-0.25, -0.2) is 4.79 Å². The number of allylic oxidation sites excluding steroid dienone is 1. The molecule has 1 atom stereocenters. The van der Waals surface area contributed by atoms with Gasteiger partial charge in [-0.05, 0) is 81.7 Å². The van der Waals surface area contributed by atoms with Crippen molar-refractivity contribution < 1.29 is 4.79 Å². The summed E-state index contributed by atoms with van der Waals surface area (Å²) in [5.74, 6) is 0.601. The molecule has 4 rings (SSSR count). The number of urea groups is 1. The van der Waals surface area contributed by atoms with Gasteiger partial charge < -0.3 is 10.6 Å². The van der Waals surface area contributed by atoms with Gasteiger partial charge in [0.15, 0.2) is 0 Å². The maximum atomic E-state index is 12.6. The summed E-state index contributed by atoms with van der Waals surface area (Å²) in [6.07, 6.45) is 7.22. The molecule has 1 heterocycles. The molecule has 2 aliphatic rings. The van der Waals surface area contributed by atoms with Crippen LogP contribution in [0.25, 0.3) is 0 Å². The Labute approximate surface area is 227 Å². The van der Waals surface area contributed by atoms with Crippen LogP contribution in [0.5, 0.6) is 0 Å². The van der Waals surface area contributed by atoms with E-state index in [9.17, 15) is 4.79 Å². The van der Waals surface area contributed by atoms with E-state index in [-0.39, 0.29) is 11.6 Å². The number of nitrogens with zero attached hydrogens (tertiary/aromatic N) is 1. The second kappa shape index (κ2) is 17.0. The fraction of sp³-hybridized carbons (Fsp3) is 0.545. The molecule has 0 aromatic heterocycles. The lowest BCUT2D eigenvalue weighted by atomic mass is 9.89. The van der Waals surface area contributed by atoms with Crippen LogP contribution in [0.3, 0.4) is 0 Å². The lowest BCUT2D eigenvalue weighted by Gasteiger charge is -2.35. The molecule has 1 unspecified atom stereocenters. The maximum absolute atomic E-state index is 12.6. The molecule has 37 heavy (non-hydrogen) atoms. The van der Waals surface area contributed by atoms with Crippen molar-refractivity contribution in [3.05, 3.63) is 83.4 Å². The van der Waals surface area contributed by atoms with E-state index in [4.69, 9.17) is 0 Å². The Kier molecular flexibility index (Phi) is 14.9. The van der Waals surface area contributed by atoms with Crippen LogP contribution in [0.15, 0.2) is 61.2 Å². The summed E-state index contributed by atoms with van der Waals surface area (Å²) in [5.41, 5.74) is 5.52. The Balaban J connectivity index is 0.000000767. The van der Waals surface area contributed by atoms with Crippen LogP contribution in [0.2, 0.25) is 0 Å². The van der Waals surface area contributed by atoms with Gasteiger partial charge in [0.05, 0.1) is 0 Å². The van der Waals surface area contributed by atoms with Crippen molar-refractivity contribution in [2.45, 2.75) is 98.7 Å². The van der Waals surface area contributed by atoms with Gasteiger partial charge in [0, 0.05) is 24.7 Å². The maximum Gasteiger partial charge on any atom is 0.315 e. The largest absolute Gasteiger partial charge is 0.337 e. The average molecular weight is 508 g/mol. The molecule has 0 spiro atoms. The van der Waals surface area contributed by atoms with Gasteiger partial charge in [0.25, 0.3) is 0 Å². The van der Waals surface area contributed by atoms with Crippen LogP contribution in [0, 0.1) is 5.92 Å². The minimum atomic E-state index is -0.220. The smallest absolute Gasteiger partial charge is 0.315 e. The number of hydrogen-bond acceptors (Lipinski definition) is 2. The van der Waals surface area contributed by atoms with Gasteiger partial charge in [-0.15, -0.1) is 6.58 Å². The van der Waals surface area contributed by atoms with Crippen molar-refractivity contribution in [3.63, 3.8) is 0 Å². The highest BCUT2D eigenvalue weighted by Crippen LogP contribution is 2.31. The molecule has 2 N–H and O–H groups in total. The molecular weight excluding hydrogens is 454 g/mol. The zero-order valence-electron chi connectivity index (χ0n) is 24.9. The fourth-order valence-corrected chi connectivity index (χ4v) is 5.08. The van der Waals surface area contributed by atoms with Gasteiger partial charge >= 0.3 is 6.03 Å². The summed E-state index contributed by atoms with van der Waals surface area (Å²) >= 11 is 0. The predicted octanol–water partition coefficient (Wildman–Crippen LogP) is 7.56. The molecule has 0 fully saturated rings. The van der Waals surface area contributed by atoms with Crippen LogP contribution in [-0.4, -0.2) is 36.1 Å². The predicted molar refractivity (Wildman–Crippen MR) is 161 cm³/mol. The molecule has 2 amide bonds. The second-order valence-electron chi connectivity index (χ2n) is 10.6. The van der Waals surface area contributed by atoms with E-state index in [1.54, 1.807) is 6.08 Å². The number of nitrogens with one attached hydrogen (secondary N) is 2. The number of hydrogen-bond donors (Lipinski definition) is 2. The van der Waals surface area contributed by atoms with Crippen molar-refractivity contribution in [1.29, 1.82) is 0 Å². The van der Waals surface area contributed by atoms with Crippen LogP contribution in [0.4, 0.5) is 4.79 Å². The lowest BCUT2D eigenvalue weighted by molar-refractivity contribution is 0.197. The molecule has 0 radical (unpaired) electrons. The first-order chi connectivity index (χ1) is 17.7.